The summed E-state index contributed by atoms with van der Waals surface area (Å²) in [6.45, 7) is 2.09. The van der Waals surface area contributed by atoms with Crippen molar-refractivity contribution in [2.24, 2.45) is 0 Å². The van der Waals surface area contributed by atoms with Crippen molar-refractivity contribution in [1.82, 2.24) is 9.97 Å². The van der Waals surface area contributed by atoms with Crippen LogP contribution in [0.15, 0.2) is 48.5 Å². The Morgan fingerprint density at radius 1 is 1.03 bits per heavy atom. The van der Waals surface area contributed by atoms with Gasteiger partial charge in [0.25, 0.3) is 5.91 Å². The first kappa shape index (κ1) is 26.5. The number of benzene rings is 2. The molecule has 0 atom stereocenters. The summed E-state index contributed by atoms with van der Waals surface area (Å²) in [5.41, 5.74) is 0.943. The largest absolute Gasteiger partial charge is 0.481 e. The molecule has 0 saturated heterocycles. The monoisotopic (exact) mass is 502 g/mol. The predicted octanol–water partition coefficient (Wildman–Crippen LogP) is 4.43. The maximum Gasteiger partial charge on any atom is 0.416 e. The summed E-state index contributed by atoms with van der Waals surface area (Å²) in [5.74, 6) is -0.465. The van der Waals surface area contributed by atoms with Crippen molar-refractivity contribution in [3.63, 3.8) is 0 Å². The lowest BCUT2D eigenvalue weighted by Gasteiger charge is -2.19. The Labute approximate surface area is 205 Å². The van der Waals surface area contributed by atoms with E-state index in [0.29, 0.717) is 35.9 Å². The van der Waals surface area contributed by atoms with Crippen LogP contribution in [-0.2, 0) is 23.8 Å². The van der Waals surface area contributed by atoms with Gasteiger partial charge in [0.05, 0.1) is 24.2 Å². The molecule has 2 N–H and O–H groups in total. The third kappa shape index (κ3) is 6.71. The number of halogens is 3. The number of carboxylic acids is 1. The molecule has 0 aliphatic rings. The van der Waals surface area contributed by atoms with Gasteiger partial charge in [-0.1, -0.05) is 12.1 Å². The standard InChI is InChI=1S/C25H25F3N4O4/c1-4-36-24-19(14-21(33)34)22(32(2)3)30-20(31-24)13-15-5-11-18(12-6-15)29-23(35)16-7-9-17(10-8-16)25(26,27)28/h5-12H,4,13-14H2,1-3H3,(H,29,35)(H,33,34). The second-order valence-corrected chi connectivity index (χ2v) is 8.05. The number of hydrogen-bond donors (Lipinski definition) is 2. The molecule has 0 aliphatic heterocycles. The van der Waals surface area contributed by atoms with E-state index in [1.165, 1.54) is 0 Å². The minimum atomic E-state index is -4.47. The number of ether oxygens (including phenoxy) is 1. The Morgan fingerprint density at radius 3 is 2.19 bits per heavy atom. The van der Waals surface area contributed by atoms with Crippen LogP contribution in [0.3, 0.4) is 0 Å². The summed E-state index contributed by atoms with van der Waals surface area (Å²) in [6.07, 6.45) is -4.43. The summed E-state index contributed by atoms with van der Waals surface area (Å²) >= 11 is 0. The molecule has 36 heavy (non-hydrogen) atoms. The number of nitrogens with zero attached hydrogens (tertiary/aromatic N) is 3. The minimum Gasteiger partial charge on any atom is -0.481 e. The zero-order valence-electron chi connectivity index (χ0n) is 19.9. The van der Waals surface area contributed by atoms with Crippen molar-refractivity contribution >= 4 is 23.4 Å². The molecule has 0 radical (unpaired) electrons. The molecular weight excluding hydrogens is 477 g/mol. The second kappa shape index (κ2) is 11.1. The van der Waals surface area contributed by atoms with Gasteiger partial charge in [-0.05, 0) is 48.9 Å². The van der Waals surface area contributed by atoms with E-state index in [0.717, 1.165) is 29.8 Å². The van der Waals surface area contributed by atoms with Gasteiger partial charge in [0.1, 0.15) is 11.6 Å². The molecule has 1 heterocycles. The van der Waals surface area contributed by atoms with Gasteiger partial charge in [-0.15, -0.1) is 0 Å². The summed E-state index contributed by atoms with van der Waals surface area (Å²) in [7, 11) is 3.50. The van der Waals surface area contributed by atoms with Gasteiger partial charge in [0, 0.05) is 31.8 Å². The molecular formula is C25H25F3N4O4. The van der Waals surface area contributed by atoms with Crippen LogP contribution < -0.4 is 15.0 Å². The minimum absolute atomic E-state index is 0.0987. The quantitative estimate of drug-likeness (QED) is 0.446. The topological polar surface area (TPSA) is 105 Å². The molecule has 0 bridgehead atoms. The number of hydrogen-bond acceptors (Lipinski definition) is 6. The van der Waals surface area contributed by atoms with Crippen molar-refractivity contribution in [3.8, 4) is 5.88 Å². The highest BCUT2D eigenvalue weighted by molar-refractivity contribution is 6.04. The summed E-state index contributed by atoms with van der Waals surface area (Å²) in [6, 6.07) is 10.8. The summed E-state index contributed by atoms with van der Waals surface area (Å²) in [4.78, 5) is 34.3. The third-order valence-corrected chi connectivity index (χ3v) is 5.07. The number of carbonyl (C=O) groups is 2. The van der Waals surface area contributed by atoms with Crippen LogP contribution in [0.25, 0.3) is 0 Å². The van der Waals surface area contributed by atoms with Crippen LogP contribution in [0.1, 0.15) is 39.8 Å². The normalized spacial score (nSPS) is 11.2. The molecule has 0 spiro atoms. The maximum absolute atomic E-state index is 12.7. The van der Waals surface area contributed by atoms with E-state index in [9.17, 15) is 27.9 Å². The highest BCUT2D eigenvalue weighted by Crippen LogP contribution is 2.29. The first-order valence-electron chi connectivity index (χ1n) is 11.0. The zero-order chi connectivity index (χ0) is 26.5. The third-order valence-electron chi connectivity index (χ3n) is 5.07. The van der Waals surface area contributed by atoms with Crippen LogP contribution in [0.4, 0.5) is 24.7 Å². The highest BCUT2D eigenvalue weighted by Gasteiger charge is 2.30. The van der Waals surface area contributed by atoms with Gasteiger partial charge in [0.15, 0.2) is 0 Å². The van der Waals surface area contributed by atoms with Crippen molar-refractivity contribution < 1.29 is 32.6 Å². The number of carboxylic acid groups (broad SMARTS) is 1. The fourth-order valence-corrected chi connectivity index (χ4v) is 3.41. The molecule has 0 aliphatic carbocycles. The molecule has 11 heteroatoms. The molecule has 190 valence electrons. The molecule has 3 aromatic rings. The SMILES string of the molecule is CCOc1nc(Cc2ccc(NC(=O)c3ccc(C(F)(F)F)cc3)cc2)nc(N(C)C)c1CC(=O)O. The fraction of sp³-hybridized carbons (Fsp3) is 0.280. The Balaban J connectivity index is 1.76. The molecule has 1 amide bonds. The number of carbonyl (C=O) groups excluding carboxylic acids is 1. The number of anilines is 2. The van der Waals surface area contributed by atoms with E-state index in [4.69, 9.17) is 4.74 Å². The number of aliphatic carboxylic acids is 1. The van der Waals surface area contributed by atoms with Gasteiger partial charge >= 0.3 is 12.1 Å². The number of aromatic nitrogens is 2. The number of amides is 1. The molecule has 3 rings (SSSR count). The van der Waals surface area contributed by atoms with Crippen LogP contribution in [0, 0.1) is 0 Å². The lowest BCUT2D eigenvalue weighted by atomic mass is 10.1. The average Bonchev–Trinajstić information content (AvgIpc) is 2.81. The highest BCUT2D eigenvalue weighted by atomic mass is 19.4. The first-order valence-corrected chi connectivity index (χ1v) is 11.0. The van der Waals surface area contributed by atoms with Crippen molar-refractivity contribution in [2.75, 3.05) is 30.9 Å². The molecule has 1 aromatic heterocycles. The van der Waals surface area contributed by atoms with Crippen molar-refractivity contribution in [1.29, 1.82) is 0 Å². The predicted molar refractivity (Wildman–Crippen MR) is 128 cm³/mol. The van der Waals surface area contributed by atoms with Crippen LogP contribution >= 0.6 is 0 Å². The van der Waals surface area contributed by atoms with Crippen LogP contribution in [-0.4, -0.2) is 47.7 Å². The van der Waals surface area contributed by atoms with E-state index in [1.807, 2.05) is 0 Å². The molecule has 0 saturated carbocycles. The van der Waals surface area contributed by atoms with Crippen LogP contribution in [0.2, 0.25) is 0 Å². The average molecular weight is 502 g/mol. The number of rotatable bonds is 9. The Kier molecular flexibility index (Phi) is 8.13. The van der Waals surface area contributed by atoms with E-state index in [1.54, 1.807) is 50.2 Å². The molecule has 0 fully saturated rings. The van der Waals surface area contributed by atoms with E-state index < -0.39 is 23.6 Å². The molecule has 0 unspecified atom stereocenters. The van der Waals surface area contributed by atoms with Gasteiger partial charge in [0.2, 0.25) is 5.88 Å². The van der Waals surface area contributed by atoms with E-state index in [2.05, 4.69) is 15.3 Å². The maximum atomic E-state index is 12.7. The molecule has 2 aromatic carbocycles. The number of alkyl halides is 3. The fourth-order valence-electron chi connectivity index (χ4n) is 3.41. The Morgan fingerprint density at radius 2 is 1.67 bits per heavy atom. The van der Waals surface area contributed by atoms with E-state index in [-0.39, 0.29) is 17.9 Å². The number of nitrogens with one attached hydrogen (secondary N) is 1. The Bertz CT molecular complexity index is 1230. The van der Waals surface area contributed by atoms with Gasteiger partial charge < -0.3 is 20.1 Å². The lowest BCUT2D eigenvalue weighted by Crippen LogP contribution is -2.19. The summed E-state index contributed by atoms with van der Waals surface area (Å²) in [5, 5.41) is 11.9. The van der Waals surface area contributed by atoms with Gasteiger partial charge in [-0.2, -0.15) is 18.2 Å². The van der Waals surface area contributed by atoms with Gasteiger partial charge in [-0.25, -0.2) is 4.98 Å². The zero-order valence-corrected chi connectivity index (χ0v) is 19.9. The van der Waals surface area contributed by atoms with Crippen LogP contribution in [0.5, 0.6) is 5.88 Å². The Hall–Kier alpha value is -4.15. The first-order chi connectivity index (χ1) is 17.0. The second-order valence-electron chi connectivity index (χ2n) is 8.05. The van der Waals surface area contributed by atoms with Crippen molar-refractivity contribution in [3.05, 3.63) is 76.6 Å². The smallest absolute Gasteiger partial charge is 0.416 e. The van der Waals surface area contributed by atoms with E-state index >= 15 is 0 Å². The lowest BCUT2D eigenvalue weighted by molar-refractivity contribution is -0.138. The van der Waals surface area contributed by atoms with Crippen molar-refractivity contribution in [2.45, 2.75) is 25.9 Å². The summed E-state index contributed by atoms with van der Waals surface area (Å²) < 4.78 is 43.7. The molecule has 8 nitrogen and oxygen atoms in total. The van der Waals surface area contributed by atoms with Gasteiger partial charge in [-0.3, -0.25) is 9.59 Å².